The molecule has 0 saturated carbocycles. The predicted molar refractivity (Wildman–Crippen MR) is 48.9 cm³/mol. The molecule has 0 aromatic carbocycles. The summed E-state index contributed by atoms with van der Waals surface area (Å²) in [7, 11) is 0. The van der Waals surface area contributed by atoms with Crippen LogP contribution in [0.2, 0.25) is 0 Å². The Kier molecular flexibility index (Phi) is 24.1. The fraction of sp³-hybridized carbons (Fsp3) is 1.00. The van der Waals surface area contributed by atoms with Crippen molar-refractivity contribution in [1.82, 2.24) is 4.90 Å². The molecule has 0 aliphatic rings. The molecule has 0 radical (unpaired) electrons. The van der Waals surface area contributed by atoms with E-state index >= 15 is 0 Å². The van der Waals surface area contributed by atoms with Gasteiger partial charge in [0.15, 0.2) is 0 Å². The van der Waals surface area contributed by atoms with Crippen molar-refractivity contribution in [1.29, 1.82) is 0 Å². The van der Waals surface area contributed by atoms with Gasteiger partial charge in [0.25, 0.3) is 0 Å². The second kappa shape index (κ2) is 12.6. The molecule has 0 aromatic rings. The number of nitrogens with zero attached hydrogens (tertiary/aromatic N) is 1. The van der Waals surface area contributed by atoms with Gasteiger partial charge < -0.3 is 4.90 Å². The summed E-state index contributed by atoms with van der Waals surface area (Å²) in [5, 5.41) is 0. The molecule has 0 atom stereocenters. The molecule has 3 heteroatoms. The first-order valence-electron chi connectivity index (χ1n) is 3.07. The van der Waals surface area contributed by atoms with Crippen molar-refractivity contribution in [3.8, 4) is 0 Å². The van der Waals surface area contributed by atoms with Gasteiger partial charge >= 0.3 is 60.5 Å². The normalized spacial score (nSPS) is 8.00. The van der Waals surface area contributed by atoms with Gasteiger partial charge in [-0.25, -0.2) is 0 Å². The summed E-state index contributed by atoms with van der Waals surface area (Å²) in [6.45, 7) is 10.1. The van der Waals surface area contributed by atoms with Crippen molar-refractivity contribution in [3.05, 3.63) is 0 Å². The van der Waals surface area contributed by atoms with E-state index in [1.807, 2.05) is 0 Å². The van der Waals surface area contributed by atoms with Gasteiger partial charge in [0, 0.05) is 0 Å². The first-order chi connectivity index (χ1) is 3.35. The van der Waals surface area contributed by atoms with Crippen LogP contribution in [0.4, 0.5) is 0 Å². The SMILES string of the molecule is CCN(CC)CC.[H+].[NaH].[NaH]. The molecule has 0 aromatic heterocycles. The van der Waals surface area contributed by atoms with E-state index in [1.54, 1.807) is 0 Å². The Morgan fingerprint density at radius 1 is 0.889 bits per heavy atom. The second-order valence-electron chi connectivity index (χ2n) is 1.62. The maximum atomic E-state index is 2.38. The van der Waals surface area contributed by atoms with Crippen LogP contribution in [0.15, 0.2) is 0 Å². The van der Waals surface area contributed by atoms with Crippen LogP contribution in [-0.4, -0.2) is 83.6 Å². The van der Waals surface area contributed by atoms with Crippen molar-refractivity contribution < 1.29 is 1.43 Å². The molecule has 0 saturated heterocycles. The Hall–Kier alpha value is 1.96. The third-order valence-electron chi connectivity index (χ3n) is 1.34. The summed E-state index contributed by atoms with van der Waals surface area (Å²) in [6, 6.07) is 0. The van der Waals surface area contributed by atoms with Gasteiger partial charge in [0.2, 0.25) is 0 Å². The van der Waals surface area contributed by atoms with E-state index in [1.165, 1.54) is 19.6 Å². The fourth-order valence-corrected chi connectivity index (χ4v) is 0.671. The van der Waals surface area contributed by atoms with Gasteiger partial charge in [0.1, 0.15) is 0 Å². The first kappa shape index (κ1) is 17.2. The Morgan fingerprint density at radius 2 is 1.11 bits per heavy atom. The van der Waals surface area contributed by atoms with Crippen LogP contribution in [-0.2, 0) is 0 Å². The van der Waals surface area contributed by atoms with E-state index in [9.17, 15) is 0 Å². The summed E-state index contributed by atoms with van der Waals surface area (Å²) in [5.74, 6) is 0. The molecule has 9 heavy (non-hydrogen) atoms. The van der Waals surface area contributed by atoms with Crippen LogP contribution in [0, 0.1) is 0 Å². The average Bonchev–Trinajstić information content (AvgIpc) is 1.72. The molecule has 0 heterocycles. The zero-order valence-electron chi connectivity index (χ0n) is 6.57. The number of rotatable bonds is 3. The van der Waals surface area contributed by atoms with Crippen molar-refractivity contribution in [2.45, 2.75) is 20.8 Å². The van der Waals surface area contributed by atoms with Gasteiger partial charge in [-0.15, -0.1) is 0 Å². The third-order valence-corrected chi connectivity index (χ3v) is 1.34. The molecular formula is C6H18NNa2+. The summed E-state index contributed by atoms with van der Waals surface area (Å²) in [6.07, 6.45) is 0. The van der Waals surface area contributed by atoms with E-state index in [4.69, 9.17) is 0 Å². The summed E-state index contributed by atoms with van der Waals surface area (Å²) >= 11 is 0. The van der Waals surface area contributed by atoms with Crippen LogP contribution < -0.4 is 0 Å². The van der Waals surface area contributed by atoms with Gasteiger partial charge in [0.05, 0.1) is 0 Å². The molecule has 0 spiro atoms. The van der Waals surface area contributed by atoms with E-state index in [2.05, 4.69) is 25.7 Å². The van der Waals surface area contributed by atoms with E-state index < -0.39 is 0 Å². The zero-order valence-corrected chi connectivity index (χ0v) is 5.57. The molecule has 0 fully saturated rings. The van der Waals surface area contributed by atoms with Gasteiger partial charge in [-0.05, 0) is 19.6 Å². The Bertz CT molecular complexity index is 37.2. The van der Waals surface area contributed by atoms with Crippen LogP contribution in [0.3, 0.4) is 0 Å². The minimum atomic E-state index is 0. The first-order valence-corrected chi connectivity index (χ1v) is 3.07. The Morgan fingerprint density at radius 3 is 1.11 bits per heavy atom. The topological polar surface area (TPSA) is 3.24 Å². The van der Waals surface area contributed by atoms with Crippen molar-refractivity contribution >= 4 is 59.1 Å². The fourth-order valence-electron chi connectivity index (χ4n) is 0.671. The molecule has 1 nitrogen and oxygen atoms in total. The number of hydrogen-bond donors (Lipinski definition) is 0. The van der Waals surface area contributed by atoms with E-state index in [0.29, 0.717) is 0 Å². The average molecular weight is 150 g/mol. The summed E-state index contributed by atoms with van der Waals surface area (Å²) in [4.78, 5) is 2.38. The standard InChI is InChI=1S/C6H15N.2Na.2H/c1-4-7(5-2)6-3;;;;/h4-6H2,1-3H3;;;;/p+1. The predicted octanol–water partition coefficient (Wildman–Crippen LogP) is 0.164. The Labute approximate surface area is 105 Å². The van der Waals surface area contributed by atoms with Crippen molar-refractivity contribution in [3.63, 3.8) is 0 Å². The van der Waals surface area contributed by atoms with Crippen molar-refractivity contribution in [2.75, 3.05) is 19.6 Å². The minimum absolute atomic E-state index is 0. The van der Waals surface area contributed by atoms with Crippen LogP contribution in [0.1, 0.15) is 22.2 Å². The second-order valence-corrected chi connectivity index (χ2v) is 1.62. The molecule has 0 rings (SSSR count). The Balaban J connectivity index is -0.0000000600. The van der Waals surface area contributed by atoms with Crippen LogP contribution >= 0.6 is 0 Å². The molecule has 48 valence electrons. The van der Waals surface area contributed by atoms with Crippen LogP contribution in [0.5, 0.6) is 0 Å². The molecule has 0 aliphatic heterocycles. The van der Waals surface area contributed by atoms with Crippen LogP contribution in [0.25, 0.3) is 0 Å². The van der Waals surface area contributed by atoms with Gasteiger partial charge in [-0.1, -0.05) is 20.8 Å². The molecule has 0 aliphatic carbocycles. The molecule has 0 N–H and O–H groups in total. The number of hydrogen-bond acceptors (Lipinski definition) is 1. The molecule has 0 amide bonds. The quantitative estimate of drug-likeness (QED) is 0.518. The van der Waals surface area contributed by atoms with E-state index in [0.717, 1.165) is 0 Å². The summed E-state index contributed by atoms with van der Waals surface area (Å²) < 4.78 is 0. The molecule has 0 bridgehead atoms. The zero-order chi connectivity index (χ0) is 5.70. The third kappa shape index (κ3) is 9.96. The van der Waals surface area contributed by atoms with Gasteiger partial charge in [-0.2, -0.15) is 0 Å². The van der Waals surface area contributed by atoms with Gasteiger partial charge in [-0.3, -0.25) is 0 Å². The van der Waals surface area contributed by atoms with E-state index in [-0.39, 0.29) is 60.5 Å². The monoisotopic (exact) mass is 150 g/mol. The molecule has 0 unspecified atom stereocenters. The summed E-state index contributed by atoms with van der Waals surface area (Å²) in [5.41, 5.74) is 0. The molecular weight excluding hydrogens is 132 g/mol. The van der Waals surface area contributed by atoms with Crippen molar-refractivity contribution in [2.24, 2.45) is 0 Å². The maximum absolute atomic E-state index is 2.38.